The van der Waals surface area contributed by atoms with Gasteiger partial charge in [0, 0.05) is 23.8 Å². The Morgan fingerprint density at radius 3 is 2.61 bits per heavy atom. The highest BCUT2D eigenvalue weighted by Crippen LogP contribution is 2.48. The van der Waals surface area contributed by atoms with Crippen LogP contribution in [0.5, 0.6) is 0 Å². The van der Waals surface area contributed by atoms with Gasteiger partial charge in [0.25, 0.3) is 5.91 Å². The number of fused-ring (bicyclic) bond motifs is 2. The van der Waals surface area contributed by atoms with Gasteiger partial charge in [-0.25, -0.2) is 8.42 Å². The zero-order valence-corrected chi connectivity index (χ0v) is 18.9. The van der Waals surface area contributed by atoms with Crippen molar-refractivity contribution >= 4 is 27.3 Å². The third-order valence-electron chi connectivity index (χ3n) is 7.33. The van der Waals surface area contributed by atoms with E-state index >= 15 is 0 Å². The third kappa shape index (κ3) is 3.75. The van der Waals surface area contributed by atoms with Crippen LogP contribution < -0.4 is 9.21 Å². The van der Waals surface area contributed by atoms with Crippen LogP contribution in [0.2, 0.25) is 0 Å². The Labute approximate surface area is 185 Å². The molecule has 3 atom stereocenters. The molecule has 31 heavy (non-hydrogen) atoms. The maximum absolute atomic E-state index is 13.9. The summed E-state index contributed by atoms with van der Waals surface area (Å²) in [6.45, 7) is 2.61. The Morgan fingerprint density at radius 1 is 1.10 bits per heavy atom. The fourth-order valence-electron chi connectivity index (χ4n) is 5.78. The lowest BCUT2D eigenvalue weighted by Crippen LogP contribution is -2.43. The van der Waals surface area contributed by atoms with E-state index in [2.05, 4.69) is 19.1 Å². The summed E-state index contributed by atoms with van der Waals surface area (Å²) in [5.41, 5.74) is 3.33. The van der Waals surface area contributed by atoms with Crippen LogP contribution >= 0.6 is 0 Å². The van der Waals surface area contributed by atoms with Gasteiger partial charge in [0.2, 0.25) is 10.0 Å². The van der Waals surface area contributed by atoms with Gasteiger partial charge < -0.3 is 4.90 Å². The molecule has 3 fully saturated rings. The van der Waals surface area contributed by atoms with Crippen LogP contribution in [0, 0.1) is 11.8 Å². The van der Waals surface area contributed by atoms with Crippen molar-refractivity contribution in [1.82, 2.24) is 0 Å². The fourth-order valence-corrected chi connectivity index (χ4v) is 7.33. The molecular formula is C25H30N2O3S. The van der Waals surface area contributed by atoms with Gasteiger partial charge in [0.15, 0.2) is 0 Å². The number of amides is 1. The van der Waals surface area contributed by atoms with E-state index in [-0.39, 0.29) is 17.7 Å². The molecule has 5 nitrogen and oxygen atoms in total. The summed E-state index contributed by atoms with van der Waals surface area (Å²) in [4.78, 5) is 15.9. The number of anilines is 2. The number of benzene rings is 2. The first-order valence-corrected chi connectivity index (χ1v) is 13.1. The van der Waals surface area contributed by atoms with Crippen molar-refractivity contribution < 1.29 is 13.2 Å². The summed E-state index contributed by atoms with van der Waals surface area (Å²) in [6, 6.07) is 15.7. The Morgan fingerprint density at radius 2 is 1.94 bits per heavy atom. The van der Waals surface area contributed by atoms with Gasteiger partial charge in [0.05, 0.1) is 11.4 Å². The number of carbonyl (C=O) groups excluding carboxylic acids is 1. The molecule has 0 aromatic heterocycles. The average Bonchev–Trinajstić information content (AvgIpc) is 3.49. The zero-order valence-electron chi connectivity index (χ0n) is 18.0. The molecule has 164 valence electrons. The number of hydrogen-bond donors (Lipinski definition) is 0. The highest BCUT2D eigenvalue weighted by Gasteiger charge is 2.44. The Bertz CT molecular complexity index is 1100. The molecule has 2 aromatic rings. The van der Waals surface area contributed by atoms with Crippen LogP contribution in [0.1, 0.15) is 54.9 Å². The van der Waals surface area contributed by atoms with Gasteiger partial charge in [0.1, 0.15) is 0 Å². The number of sulfonamides is 1. The summed E-state index contributed by atoms with van der Waals surface area (Å²) in [5, 5.41) is 0. The smallest absolute Gasteiger partial charge is 0.258 e. The Balaban J connectivity index is 1.52. The number of hydrogen-bond acceptors (Lipinski definition) is 3. The lowest BCUT2D eigenvalue weighted by molar-refractivity contribution is 0.0967. The molecule has 2 aromatic carbocycles. The van der Waals surface area contributed by atoms with Crippen LogP contribution in [0.15, 0.2) is 48.5 Å². The van der Waals surface area contributed by atoms with Gasteiger partial charge in [-0.1, -0.05) is 31.5 Å². The predicted octanol–water partition coefficient (Wildman–Crippen LogP) is 4.62. The summed E-state index contributed by atoms with van der Waals surface area (Å²) in [6.07, 6.45) is 6.30. The molecule has 2 aliphatic carbocycles. The first-order chi connectivity index (χ1) is 15.0. The molecule has 0 spiro atoms. The van der Waals surface area contributed by atoms with Crippen LogP contribution in [0.4, 0.5) is 11.4 Å². The molecule has 0 radical (unpaired) electrons. The van der Waals surface area contributed by atoms with Gasteiger partial charge >= 0.3 is 0 Å². The van der Waals surface area contributed by atoms with Gasteiger partial charge in [-0.15, -0.1) is 0 Å². The topological polar surface area (TPSA) is 57.7 Å². The molecule has 2 saturated carbocycles. The van der Waals surface area contributed by atoms with Crippen LogP contribution in [-0.4, -0.2) is 32.7 Å². The molecule has 1 heterocycles. The Hall–Kier alpha value is -2.34. The van der Waals surface area contributed by atoms with Crippen LogP contribution in [0.25, 0.3) is 0 Å². The van der Waals surface area contributed by atoms with E-state index < -0.39 is 10.0 Å². The molecule has 3 aliphatic rings. The first-order valence-electron chi connectivity index (χ1n) is 11.5. The molecular weight excluding hydrogens is 408 g/mol. The standard InChI is InChI=1S/C25H30N2O3S/c1-2-18-6-3-9-23(15-18)27(24-16-19-10-11-20(24)14-19)25(28)21-7-4-8-22(17-21)26-12-5-13-31(26,29)30/h3-4,6-9,15,17,19-20,24H,2,5,10-14,16H2,1H3. The predicted molar refractivity (Wildman–Crippen MR) is 124 cm³/mol. The number of rotatable bonds is 5. The SMILES string of the molecule is CCc1cccc(N(C(=O)c2cccc(N3CCCS3(=O)=O)c2)C2CC3CCC2C3)c1. The molecule has 6 heteroatoms. The lowest BCUT2D eigenvalue weighted by Gasteiger charge is -2.35. The zero-order chi connectivity index (χ0) is 21.6. The second-order valence-electron chi connectivity index (χ2n) is 9.23. The Kier molecular flexibility index (Phi) is 5.29. The third-order valence-corrected chi connectivity index (χ3v) is 9.20. The van der Waals surface area contributed by atoms with E-state index in [4.69, 9.17) is 0 Å². The molecule has 1 amide bonds. The summed E-state index contributed by atoms with van der Waals surface area (Å²) in [7, 11) is -3.28. The van der Waals surface area contributed by atoms with Crippen molar-refractivity contribution in [2.24, 2.45) is 11.8 Å². The van der Waals surface area contributed by atoms with Crippen LogP contribution in [0.3, 0.4) is 0 Å². The van der Waals surface area contributed by atoms with Crippen molar-refractivity contribution in [3.05, 3.63) is 59.7 Å². The van der Waals surface area contributed by atoms with Gasteiger partial charge in [-0.3, -0.25) is 9.10 Å². The van der Waals surface area contributed by atoms with E-state index in [1.54, 1.807) is 18.2 Å². The fraction of sp³-hybridized carbons (Fsp3) is 0.480. The average molecular weight is 439 g/mol. The van der Waals surface area contributed by atoms with Crippen molar-refractivity contribution in [2.45, 2.75) is 51.5 Å². The van der Waals surface area contributed by atoms with Gasteiger partial charge in [-0.05, 0) is 79.8 Å². The summed E-state index contributed by atoms with van der Waals surface area (Å²) >= 11 is 0. The first kappa shape index (κ1) is 20.6. The second kappa shape index (κ2) is 7.97. The highest BCUT2D eigenvalue weighted by atomic mass is 32.2. The van der Waals surface area contributed by atoms with E-state index in [0.717, 1.165) is 24.4 Å². The minimum absolute atomic E-state index is 0.0238. The summed E-state index contributed by atoms with van der Waals surface area (Å²) < 4.78 is 26.2. The number of aryl methyl sites for hydroxylation is 1. The van der Waals surface area contributed by atoms with Crippen molar-refractivity contribution in [3.63, 3.8) is 0 Å². The lowest BCUT2D eigenvalue weighted by atomic mass is 9.92. The highest BCUT2D eigenvalue weighted by molar-refractivity contribution is 7.93. The van der Waals surface area contributed by atoms with E-state index in [1.807, 2.05) is 23.1 Å². The maximum Gasteiger partial charge on any atom is 0.258 e. The minimum Gasteiger partial charge on any atom is -0.305 e. The molecule has 3 unspecified atom stereocenters. The quantitative estimate of drug-likeness (QED) is 0.684. The maximum atomic E-state index is 13.9. The normalized spacial score (nSPS) is 26.4. The second-order valence-corrected chi connectivity index (χ2v) is 11.2. The minimum atomic E-state index is -3.28. The molecule has 2 bridgehead atoms. The van der Waals surface area contributed by atoms with Crippen molar-refractivity contribution in [2.75, 3.05) is 21.5 Å². The van der Waals surface area contributed by atoms with Crippen LogP contribution in [-0.2, 0) is 16.4 Å². The largest absolute Gasteiger partial charge is 0.305 e. The summed E-state index contributed by atoms with van der Waals surface area (Å²) in [5.74, 6) is 1.43. The van der Waals surface area contributed by atoms with Crippen molar-refractivity contribution in [3.8, 4) is 0 Å². The molecule has 1 aliphatic heterocycles. The molecule has 1 saturated heterocycles. The van der Waals surface area contributed by atoms with E-state index in [0.29, 0.717) is 30.1 Å². The number of nitrogens with zero attached hydrogens (tertiary/aromatic N) is 2. The number of carbonyl (C=O) groups is 1. The van der Waals surface area contributed by atoms with E-state index in [1.165, 1.54) is 29.1 Å². The molecule has 5 rings (SSSR count). The van der Waals surface area contributed by atoms with E-state index in [9.17, 15) is 13.2 Å². The monoisotopic (exact) mass is 438 g/mol. The van der Waals surface area contributed by atoms with Gasteiger partial charge in [-0.2, -0.15) is 0 Å². The molecule has 0 N–H and O–H groups in total. The van der Waals surface area contributed by atoms with Crippen molar-refractivity contribution in [1.29, 1.82) is 0 Å².